The Morgan fingerprint density at radius 2 is 1.81 bits per heavy atom. The number of pyridine rings is 1. The molecule has 0 spiro atoms. The first kappa shape index (κ1) is 23.0. The smallest absolute Gasteiger partial charge is 0.213 e. The highest BCUT2D eigenvalue weighted by Gasteiger charge is 2.07. The first-order valence-corrected chi connectivity index (χ1v) is 8.68. The van der Waals surface area contributed by atoms with Gasteiger partial charge in [0.15, 0.2) is 5.96 Å². The van der Waals surface area contributed by atoms with Crippen molar-refractivity contribution < 1.29 is 9.47 Å². The van der Waals surface area contributed by atoms with E-state index in [9.17, 15) is 0 Å². The number of methoxy groups -OCH3 is 1. The van der Waals surface area contributed by atoms with Gasteiger partial charge in [-0.3, -0.25) is 4.99 Å². The molecule has 0 bridgehead atoms. The Kier molecular flexibility index (Phi) is 9.92. The van der Waals surface area contributed by atoms with Crippen LogP contribution in [0.5, 0.6) is 11.6 Å². The summed E-state index contributed by atoms with van der Waals surface area (Å²) < 4.78 is 10.8. The normalized spacial score (nSPS) is 11.0. The molecule has 1 heterocycles. The minimum Gasteiger partial charge on any atom is -0.497 e. The van der Waals surface area contributed by atoms with E-state index >= 15 is 0 Å². The van der Waals surface area contributed by atoms with Crippen molar-refractivity contribution in [2.24, 2.45) is 4.99 Å². The standard InChI is InChI=1S/C20H28N4O2.HI/c1-15(2)26-19-11-8-17(12-22-19)13-23-20(21-3)24(4)14-16-6-9-18(25-5)10-7-16;/h6-12,15H,13-14H2,1-5H3,(H,21,23);1H. The first-order valence-electron chi connectivity index (χ1n) is 8.68. The molecule has 27 heavy (non-hydrogen) atoms. The van der Waals surface area contributed by atoms with Crippen molar-refractivity contribution in [2.75, 3.05) is 21.2 Å². The molecule has 0 amide bonds. The minimum atomic E-state index is 0. The van der Waals surface area contributed by atoms with Gasteiger partial charge in [-0.25, -0.2) is 4.98 Å². The largest absolute Gasteiger partial charge is 0.497 e. The van der Waals surface area contributed by atoms with Crippen LogP contribution in [0.3, 0.4) is 0 Å². The van der Waals surface area contributed by atoms with E-state index in [2.05, 4.69) is 32.3 Å². The molecular weight excluding hydrogens is 455 g/mol. The van der Waals surface area contributed by atoms with Crippen molar-refractivity contribution in [3.8, 4) is 11.6 Å². The monoisotopic (exact) mass is 484 g/mol. The van der Waals surface area contributed by atoms with Crippen LogP contribution in [0, 0.1) is 0 Å². The highest BCUT2D eigenvalue weighted by molar-refractivity contribution is 14.0. The maximum Gasteiger partial charge on any atom is 0.213 e. The molecule has 6 nitrogen and oxygen atoms in total. The molecule has 0 saturated carbocycles. The maximum atomic E-state index is 5.56. The average molecular weight is 484 g/mol. The van der Waals surface area contributed by atoms with E-state index in [-0.39, 0.29) is 30.1 Å². The van der Waals surface area contributed by atoms with Gasteiger partial charge in [0, 0.05) is 39.4 Å². The third kappa shape index (κ3) is 7.62. The minimum absolute atomic E-state index is 0. The summed E-state index contributed by atoms with van der Waals surface area (Å²) >= 11 is 0. The van der Waals surface area contributed by atoms with Crippen LogP contribution in [0.2, 0.25) is 0 Å². The highest BCUT2D eigenvalue weighted by Crippen LogP contribution is 2.13. The summed E-state index contributed by atoms with van der Waals surface area (Å²) in [6, 6.07) is 11.9. The van der Waals surface area contributed by atoms with Gasteiger partial charge in [-0.05, 0) is 37.1 Å². The third-order valence-electron chi connectivity index (χ3n) is 3.76. The number of hydrogen-bond donors (Lipinski definition) is 1. The molecule has 0 saturated heterocycles. The lowest BCUT2D eigenvalue weighted by molar-refractivity contribution is 0.232. The Morgan fingerprint density at radius 3 is 2.33 bits per heavy atom. The molecule has 0 unspecified atom stereocenters. The molecule has 0 aliphatic carbocycles. The molecule has 0 radical (unpaired) electrons. The lowest BCUT2D eigenvalue weighted by Crippen LogP contribution is -2.38. The summed E-state index contributed by atoms with van der Waals surface area (Å²) in [5, 5.41) is 3.36. The van der Waals surface area contributed by atoms with E-state index in [0.717, 1.165) is 23.8 Å². The molecule has 148 valence electrons. The number of nitrogens with one attached hydrogen (secondary N) is 1. The van der Waals surface area contributed by atoms with Crippen LogP contribution >= 0.6 is 24.0 Å². The van der Waals surface area contributed by atoms with Gasteiger partial charge in [-0.2, -0.15) is 0 Å². The molecule has 0 fully saturated rings. The molecule has 1 N–H and O–H groups in total. The second kappa shape index (κ2) is 11.6. The zero-order chi connectivity index (χ0) is 18.9. The van der Waals surface area contributed by atoms with E-state index in [1.165, 1.54) is 5.56 Å². The number of hydrogen-bond acceptors (Lipinski definition) is 4. The fraction of sp³-hybridized carbons (Fsp3) is 0.400. The van der Waals surface area contributed by atoms with Crippen LogP contribution in [0.25, 0.3) is 0 Å². The molecule has 7 heteroatoms. The van der Waals surface area contributed by atoms with Gasteiger partial charge >= 0.3 is 0 Å². The Balaban J connectivity index is 0.00000364. The van der Waals surface area contributed by atoms with Crippen molar-refractivity contribution >= 4 is 29.9 Å². The van der Waals surface area contributed by atoms with E-state index < -0.39 is 0 Å². The van der Waals surface area contributed by atoms with E-state index in [1.54, 1.807) is 14.2 Å². The molecule has 0 atom stereocenters. The Hall–Kier alpha value is -2.03. The summed E-state index contributed by atoms with van der Waals surface area (Å²) in [4.78, 5) is 10.8. The Morgan fingerprint density at radius 1 is 1.15 bits per heavy atom. The number of ether oxygens (including phenoxy) is 2. The number of rotatable bonds is 7. The van der Waals surface area contributed by atoms with E-state index in [1.807, 2.05) is 51.4 Å². The van der Waals surface area contributed by atoms with Crippen LogP contribution in [-0.2, 0) is 13.1 Å². The third-order valence-corrected chi connectivity index (χ3v) is 3.76. The maximum absolute atomic E-state index is 5.56. The number of nitrogens with zero attached hydrogens (tertiary/aromatic N) is 3. The molecule has 2 rings (SSSR count). The zero-order valence-corrected chi connectivity index (χ0v) is 18.9. The summed E-state index contributed by atoms with van der Waals surface area (Å²) in [6.45, 7) is 5.37. The molecule has 1 aromatic heterocycles. The van der Waals surface area contributed by atoms with E-state index in [4.69, 9.17) is 9.47 Å². The summed E-state index contributed by atoms with van der Waals surface area (Å²) in [6.07, 6.45) is 1.94. The predicted molar refractivity (Wildman–Crippen MR) is 120 cm³/mol. The molecule has 2 aromatic rings. The van der Waals surface area contributed by atoms with Crippen molar-refractivity contribution in [1.29, 1.82) is 0 Å². The fourth-order valence-corrected chi connectivity index (χ4v) is 2.47. The highest BCUT2D eigenvalue weighted by atomic mass is 127. The van der Waals surface area contributed by atoms with Gasteiger partial charge in [0.2, 0.25) is 5.88 Å². The van der Waals surface area contributed by atoms with Gasteiger partial charge in [-0.15, -0.1) is 24.0 Å². The zero-order valence-electron chi connectivity index (χ0n) is 16.6. The lowest BCUT2D eigenvalue weighted by atomic mass is 10.2. The first-order chi connectivity index (χ1) is 12.5. The van der Waals surface area contributed by atoms with Crippen LogP contribution < -0.4 is 14.8 Å². The number of aromatic nitrogens is 1. The van der Waals surface area contributed by atoms with Crippen LogP contribution in [0.4, 0.5) is 0 Å². The second-order valence-corrected chi connectivity index (χ2v) is 6.28. The molecular formula is C20H29IN4O2. The van der Waals surface area contributed by atoms with Gasteiger partial charge in [-0.1, -0.05) is 18.2 Å². The van der Waals surface area contributed by atoms with Crippen molar-refractivity contribution in [2.45, 2.75) is 33.0 Å². The topological polar surface area (TPSA) is 59.0 Å². The molecule has 1 aromatic carbocycles. The number of benzene rings is 1. The van der Waals surface area contributed by atoms with Crippen LogP contribution in [-0.4, -0.2) is 43.2 Å². The quantitative estimate of drug-likeness (QED) is 0.369. The summed E-state index contributed by atoms with van der Waals surface area (Å²) in [5.41, 5.74) is 2.26. The van der Waals surface area contributed by atoms with Crippen molar-refractivity contribution in [3.05, 3.63) is 53.7 Å². The Bertz CT molecular complexity index is 703. The van der Waals surface area contributed by atoms with Crippen molar-refractivity contribution in [3.63, 3.8) is 0 Å². The Labute approximate surface area is 179 Å². The van der Waals surface area contributed by atoms with Crippen LogP contribution in [0.15, 0.2) is 47.6 Å². The lowest BCUT2D eigenvalue weighted by Gasteiger charge is -2.22. The summed E-state index contributed by atoms with van der Waals surface area (Å²) in [5.74, 6) is 2.32. The second-order valence-electron chi connectivity index (χ2n) is 6.28. The van der Waals surface area contributed by atoms with Crippen LogP contribution in [0.1, 0.15) is 25.0 Å². The van der Waals surface area contributed by atoms with Gasteiger partial charge in [0.05, 0.1) is 13.2 Å². The summed E-state index contributed by atoms with van der Waals surface area (Å²) in [7, 11) is 5.46. The van der Waals surface area contributed by atoms with Gasteiger partial charge in [0.25, 0.3) is 0 Å². The average Bonchev–Trinajstić information content (AvgIpc) is 2.63. The predicted octanol–water partition coefficient (Wildman–Crippen LogP) is 3.70. The molecule has 0 aliphatic heterocycles. The van der Waals surface area contributed by atoms with E-state index in [0.29, 0.717) is 12.4 Å². The van der Waals surface area contributed by atoms with Crippen molar-refractivity contribution in [1.82, 2.24) is 15.2 Å². The number of halogens is 1. The number of aliphatic imine (C=N–C) groups is 1. The molecule has 0 aliphatic rings. The SMILES string of the molecule is CN=C(NCc1ccc(OC(C)C)nc1)N(C)Cc1ccc(OC)cc1.I. The fourth-order valence-electron chi connectivity index (χ4n) is 2.47. The van der Waals surface area contributed by atoms with Gasteiger partial charge in [0.1, 0.15) is 5.75 Å². The number of guanidine groups is 1. The van der Waals surface area contributed by atoms with Gasteiger partial charge < -0.3 is 19.7 Å².